The predicted octanol–water partition coefficient (Wildman–Crippen LogP) is 1.00. The molecule has 0 unspecified atom stereocenters. The van der Waals surface area contributed by atoms with Crippen molar-refractivity contribution >= 4 is 5.97 Å². The van der Waals surface area contributed by atoms with Gasteiger partial charge in [-0.25, -0.2) is 4.79 Å². The number of aromatic nitrogens is 2. The molecule has 0 bridgehead atoms. The van der Waals surface area contributed by atoms with E-state index in [0.717, 1.165) is 5.56 Å². The van der Waals surface area contributed by atoms with Crippen molar-refractivity contribution in [2.45, 2.75) is 13.1 Å². The third-order valence-electron chi connectivity index (χ3n) is 2.49. The molecule has 0 fully saturated rings. The zero-order valence-electron chi connectivity index (χ0n) is 9.38. The minimum atomic E-state index is -0.960. The number of aryl methyl sites for hydroxylation is 1. The highest BCUT2D eigenvalue weighted by molar-refractivity contribution is 5.88. The maximum absolute atomic E-state index is 10.9. The Hall–Kier alpha value is -2.08. The number of furan rings is 1. The first kappa shape index (κ1) is 11.4. The van der Waals surface area contributed by atoms with E-state index in [1.54, 1.807) is 24.3 Å². The Morgan fingerprint density at radius 2 is 2.41 bits per heavy atom. The van der Waals surface area contributed by atoms with Gasteiger partial charge < -0.3 is 14.8 Å². The third-order valence-corrected chi connectivity index (χ3v) is 2.49. The minimum absolute atomic E-state index is 0.229. The molecule has 0 atom stereocenters. The molecule has 2 rings (SSSR count). The lowest BCUT2D eigenvalue weighted by molar-refractivity contribution is 0.0695. The first-order valence-electron chi connectivity index (χ1n) is 5.14. The lowest BCUT2D eigenvalue weighted by atomic mass is 10.2. The molecule has 0 saturated carbocycles. The van der Waals surface area contributed by atoms with Gasteiger partial charge in [-0.3, -0.25) is 4.68 Å². The fraction of sp³-hybridized carbons (Fsp3) is 0.273. The Bertz CT molecular complexity index is 502. The standard InChI is InChI=1S/C11H13N3O3/c1-14-10(9(5-13-14)11(15)16)6-12-4-8-2-3-17-7-8/h2-3,5,7,12H,4,6H2,1H3,(H,15,16). The average molecular weight is 235 g/mol. The summed E-state index contributed by atoms with van der Waals surface area (Å²) in [5.41, 5.74) is 1.90. The van der Waals surface area contributed by atoms with E-state index in [4.69, 9.17) is 9.52 Å². The van der Waals surface area contributed by atoms with E-state index in [-0.39, 0.29) is 5.56 Å². The van der Waals surface area contributed by atoms with Gasteiger partial charge in [0, 0.05) is 25.7 Å². The number of rotatable bonds is 5. The van der Waals surface area contributed by atoms with E-state index in [1.807, 2.05) is 6.07 Å². The highest BCUT2D eigenvalue weighted by Crippen LogP contribution is 2.07. The van der Waals surface area contributed by atoms with Crippen molar-refractivity contribution in [2.24, 2.45) is 7.05 Å². The lowest BCUT2D eigenvalue weighted by Crippen LogP contribution is -2.17. The van der Waals surface area contributed by atoms with Crippen molar-refractivity contribution < 1.29 is 14.3 Å². The molecule has 2 heterocycles. The quantitative estimate of drug-likeness (QED) is 0.808. The summed E-state index contributed by atoms with van der Waals surface area (Å²) in [6.07, 6.45) is 4.61. The highest BCUT2D eigenvalue weighted by Gasteiger charge is 2.14. The summed E-state index contributed by atoms with van der Waals surface area (Å²) >= 11 is 0. The molecule has 0 aromatic carbocycles. The topological polar surface area (TPSA) is 80.3 Å². The molecule has 0 aliphatic heterocycles. The fourth-order valence-corrected chi connectivity index (χ4v) is 1.57. The van der Waals surface area contributed by atoms with Crippen molar-refractivity contribution in [1.29, 1.82) is 0 Å². The van der Waals surface area contributed by atoms with E-state index in [9.17, 15) is 4.79 Å². The largest absolute Gasteiger partial charge is 0.478 e. The van der Waals surface area contributed by atoms with Crippen LogP contribution in [0.5, 0.6) is 0 Å². The second kappa shape index (κ2) is 4.84. The first-order chi connectivity index (χ1) is 8.18. The molecule has 2 N–H and O–H groups in total. The van der Waals surface area contributed by atoms with Crippen LogP contribution >= 0.6 is 0 Å². The number of nitrogens with one attached hydrogen (secondary N) is 1. The van der Waals surface area contributed by atoms with Crippen molar-refractivity contribution in [1.82, 2.24) is 15.1 Å². The van der Waals surface area contributed by atoms with Crippen LogP contribution in [-0.2, 0) is 20.1 Å². The lowest BCUT2D eigenvalue weighted by Gasteiger charge is -2.05. The normalized spacial score (nSPS) is 10.6. The van der Waals surface area contributed by atoms with Crippen LogP contribution in [0.2, 0.25) is 0 Å². The molecule has 6 heteroatoms. The van der Waals surface area contributed by atoms with E-state index in [1.165, 1.54) is 6.20 Å². The summed E-state index contributed by atoms with van der Waals surface area (Å²) in [5, 5.41) is 16.0. The summed E-state index contributed by atoms with van der Waals surface area (Å²) in [7, 11) is 1.72. The molecule has 0 aliphatic rings. The number of carboxylic acids is 1. The van der Waals surface area contributed by atoms with Crippen LogP contribution in [0.1, 0.15) is 21.6 Å². The monoisotopic (exact) mass is 235 g/mol. The Kier molecular flexibility index (Phi) is 3.24. The van der Waals surface area contributed by atoms with Gasteiger partial charge in [0.1, 0.15) is 5.56 Å². The van der Waals surface area contributed by atoms with Crippen molar-refractivity contribution in [3.05, 3.63) is 41.6 Å². The van der Waals surface area contributed by atoms with Crippen LogP contribution in [0.15, 0.2) is 29.2 Å². The number of aromatic carboxylic acids is 1. The molecule has 0 saturated heterocycles. The molecule has 0 aliphatic carbocycles. The van der Waals surface area contributed by atoms with Gasteiger partial charge in [-0.15, -0.1) is 0 Å². The zero-order chi connectivity index (χ0) is 12.3. The number of hydrogen-bond acceptors (Lipinski definition) is 4. The van der Waals surface area contributed by atoms with E-state index in [0.29, 0.717) is 18.8 Å². The zero-order valence-corrected chi connectivity index (χ0v) is 9.38. The summed E-state index contributed by atoms with van der Waals surface area (Å²) in [4.78, 5) is 10.9. The number of hydrogen-bond donors (Lipinski definition) is 2. The number of nitrogens with zero attached hydrogens (tertiary/aromatic N) is 2. The molecule has 0 spiro atoms. The summed E-state index contributed by atoms with van der Waals surface area (Å²) in [6, 6.07) is 1.86. The molecule has 0 amide bonds. The van der Waals surface area contributed by atoms with Gasteiger partial charge in [0.2, 0.25) is 0 Å². The van der Waals surface area contributed by atoms with Crippen LogP contribution in [0.4, 0.5) is 0 Å². The second-order valence-electron chi connectivity index (χ2n) is 3.67. The Labute approximate surface area is 97.9 Å². The maximum Gasteiger partial charge on any atom is 0.339 e. The van der Waals surface area contributed by atoms with E-state index < -0.39 is 5.97 Å². The van der Waals surface area contributed by atoms with Gasteiger partial charge in [0.25, 0.3) is 0 Å². The molecular weight excluding hydrogens is 222 g/mol. The summed E-state index contributed by atoms with van der Waals surface area (Å²) < 4.78 is 6.50. The summed E-state index contributed by atoms with van der Waals surface area (Å²) in [6.45, 7) is 1.07. The molecule has 0 radical (unpaired) electrons. The molecular formula is C11H13N3O3. The minimum Gasteiger partial charge on any atom is -0.478 e. The van der Waals surface area contributed by atoms with Crippen LogP contribution in [0, 0.1) is 0 Å². The van der Waals surface area contributed by atoms with Crippen molar-refractivity contribution in [2.75, 3.05) is 0 Å². The van der Waals surface area contributed by atoms with Crippen LogP contribution in [0.3, 0.4) is 0 Å². The fourth-order valence-electron chi connectivity index (χ4n) is 1.57. The summed E-state index contributed by atoms with van der Waals surface area (Å²) in [5.74, 6) is -0.960. The van der Waals surface area contributed by atoms with Crippen LogP contribution in [0.25, 0.3) is 0 Å². The predicted molar refractivity (Wildman–Crippen MR) is 59.4 cm³/mol. The number of carbonyl (C=O) groups is 1. The third kappa shape index (κ3) is 2.54. The highest BCUT2D eigenvalue weighted by atomic mass is 16.4. The first-order valence-corrected chi connectivity index (χ1v) is 5.14. The van der Waals surface area contributed by atoms with Gasteiger partial charge in [-0.2, -0.15) is 5.10 Å². The van der Waals surface area contributed by atoms with Crippen LogP contribution in [-0.4, -0.2) is 20.9 Å². The van der Waals surface area contributed by atoms with Crippen LogP contribution < -0.4 is 5.32 Å². The molecule has 17 heavy (non-hydrogen) atoms. The van der Waals surface area contributed by atoms with Gasteiger partial charge in [0.15, 0.2) is 0 Å². The smallest absolute Gasteiger partial charge is 0.339 e. The van der Waals surface area contributed by atoms with Gasteiger partial charge >= 0.3 is 5.97 Å². The number of carboxylic acid groups (broad SMARTS) is 1. The van der Waals surface area contributed by atoms with Crippen molar-refractivity contribution in [3.63, 3.8) is 0 Å². The SMILES string of the molecule is Cn1ncc(C(=O)O)c1CNCc1ccoc1. The van der Waals surface area contributed by atoms with Gasteiger partial charge in [-0.1, -0.05) is 0 Å². The average Bonchev–Trinajstić information content (AvgIpc) is 2.89. The van der Waals surface area contributed by atoms with Gasteiger partial charge in [-0.05, 0) is 6.07 Å². The maximum atomic E-state index is 10.9. The van der Waals surface area contributed by atoms with E-state index >= 15 is 0 Å². The molecule has 2 aromatic rings. The second-order valence-corrected chi connectivity index (χ2v) is 3.67. The van der Waals surface area contributed by atoms with Crippen molar-refractivity contribution in [3.8, 4) is 0 Å². The Morgan fingerprint density at radius 1 is 1.59 bits per heavy atom. The molecule has 2 aromatic heterocycles. The Balaban J connectivity index is 1.99. The van der Waals surface area contributed by atoms with E-state index in [2.05, 4.69) is 10.4 Å². The molecule has 6 nitrogen and oxygen atoms in total. The Morgan fingerprint density at radius 3 is 3.06 bits per heavy atom. The molecule has 90 valence electrons. The van der Waals surface area contributed by atoms with Gasteiger partial charge in [0.05, 0.1) is 24.4 Å².